The number of anilines is 1. The second-order valence-electron chi connectivity index (χ2n) is 9.51. The first-order valence-electron chi connectivity index (χ1n) is 12.8. The van der Waals surface area contributed by atoms with E-state index in [9.17, 15) is 9.67 Å². The van der Waals surface area contributed by atoms with Gasteiger partial charge in [-0.05, 0) is 11.6 Å². The van der Waals surface area contributed by atoms with E-state index in [4.69, 9.17) is 30.7 Å². The fourth-order valence-electron chi connectivity index (χ4n) is 4.64. The number of hydrogen-bond acceptors (Lipinski definition) is 11. The number of hydrogen-bond donors (Lipinski definition) is 3. The Bertz CT molecular complexity index is 1370. The average Bonchev–Trinajstić information content (AvgIpc) is 3.52. The van der Waals surface area contributed by atoms with Crippen molar-refractivity contribution < 1.29 is 28.2 Å². The highest BCUT2D eigenvalue weighted by atomic mass is 33.1. The third-order valence-electron chi connectivity index (χ3n) is 6.84. The molecule has 2 aliphatic heterocycles. The fourth-order valence-corrected chi connectivity index (χ4v) is 8.69. The molecule has 214 valence electrons. The quantitative estimate of drug-likeness (QED) is 0.167. The minimum Gasteiger partial charge on any atom is -0.390 e. The number of fused-ring (bicyclic) bond motifs is 1. The van der Waals surface area contributed by atoms with Crippen molar-refractivity contribution in [3.05, 3.63) is 54.5 Å². The number of nitrogens with zero attached hydrogens (tertiary/aromatic N) is 3. The molecular weight excluding hydrogens is 573 g/mol. The molecule has 40 heavy (non-hydrogen) atoms. The van der Waals surface area contributed by atoms with E-state index in [1.165, 1.54) is 6.33 Å². The summed E-state index contributed by atoms with van der Waals surface area (Å²) in [7, 11) is -0.629. The monoisotopic (exact) mass is 605 g/mol. The molecule has 2 aliphatic rings. The number of nitrogens with two attached hydrogens (primary N) is 1. The van der Waals surface area contributed by atoms with Gasteiger partial charge in [-0.3, -0.25) is 9.05 Å². The molecule has 4 heterocycles. The van der Waals surface area contributed by atoms with Gasteiger partial charge >= 0.3 is 7.75 Å². The summed E-state index contributed by atoms with van der Waals surface area (Å²) >= 11 is 0. The molecule has 5 rings (SSSR count). The van der Waals surface area contributed by atoms with Crippen molar-refractivity contribution in [3.63, 3.8) is 0 Å². The molecule has 0 radical (unpaired) electrons. The fraction of sp³-hybridized carbons (Fsp3) is 0.462. The highest BCUT2D eigenvalue weighted by Gasteiger charge is 2.44. The molecule has 1 unspecified atom stereocenters. The van der Waals surface area contributed by atoms with Crippen LogP contribution in [0.15, 0.2) is 48.9 Å². The van der Waals surface area contributed by atoms with E-state index in [0.717, 1.165) is 5.56 Å². The number of benzene rings is 1. The van der Waals surface area contributed by atoms with Gasteiger partial charge in [0.05, 0.1) is 24.2 Å². The van der Waals surface area contributed by atoms with Crippen molar-refractivity contribution in [2.45, 2.75) is 44.1 Å². The van der Waals surface area contributed by atoms with E-state index >= 15 is 0 Å². The summed E-state index contributed by atoms with van der Waals surface area (Å²) < 4.78 is 40.0. The van der Waals surface area contributed by atoms with E-state index in [1.54, 1.807) is 27.8 Å². The Morgan fingerprint density at radius 3 is 2.80 bits per heavy atom. The number of aliphatic hydroxyl groups is 1. The normalized spacial score (nSPS) is 28.3. The van der Waals surface area contributed by atoms with E-state index < -0.39 is 32.3 Å². The van der Waals surface area contributed by atoms with Crippen LogP contribution >= 0.6 is 29.3 Å². The van der Waals surface area contributed by atoms with Gasteiger partial charge < -0.3 is 24.9 Å². The molecule has 0 amide bonds. The van der Waals surface area contributed by atoms with Crippen LogP contribution in [-0.2, 0) is 29.6 Å². The summed E-state index contributed by atoms with van der Waals surface area (Å²) in [6.45, 7) is 2.10. The third kappa shape index (κ3) is 6.68. The average molecular weight is 606 g/mol. The van der Waals surface area contributed by atoms with Gasteiger partial charge in [0, 0.05) is 30.2 Å². The van der Waals surface area contributed by atoms with Gasteiger partial charge in [-0.25, -0.2) is 19.6 Å². The molecule has 2 saturated heterocycles. The molecule has 14 heteroatoms. The lowest BCUT2D eigenvalue weighted by Gasteiger charge is -2.33. The molecule has 0 saturated carbocycles. The Morgan fingerprint density at radius 2 is 2.02 bits per heavy atom. The molecule has 2 aromatic heterocycles. The molecule has 11 nitrogen and oxygen atoms in total. The SMILES string of the molecule is C#CCO[C@H]1CSSC[C@@H]1OP(=O)(NCc1ccccc1)OC[C@H]1O[C@@H](n2ccc3c(N)ncnc32)[C@@H](C)[C@@H]1O. The zero-order valence-electron chi connectivity index (χ0n) is 21.9. The van der Waals surface area contributed by atoms with Gasteiger partial charge in [0.1, 0.15) is 42.8 Å². The number of rotatable bonds is 11. The van der Waals surface area contributed by atoms with Crippen LogP contribution in [0.1, 0.15) is 18.7 Å². The van der Waals surface area contributed by atoms with E-state index in [2.05, 4.69) is 21.0 Å². The molecule has 0 spiro atoms. The third-order valence-corrected chi connectivity index (χ3v) is 10.8. The van der Waals surface area contributed by atoms with Crippen molar-refractivity contribution in [2.75, 3.05) is 30.5 Å². The maximum absolute atomic E-state index is 14.1. The van der Waals surface area contributed by atoms with Crippen LogP contribution in [0.5, 0.6) is 0 Å². The van der Waals surface area contributed by atoms with Crippen LogP contribution < -0.4 is 10.8 Å². The Hall–Kier alpha value is -2.11. The second-order valence-corrected chi connectivity index (χ2v) is 13.8. The second kappa shape index (κ2) is 13.2. The van der Waals surface area contributed by atoms with Crippen molar-refractivity contribution in [2.24, 2.45) is 5.92 Å². The highest BCUT2D eigenvalue weighted by molar-refractivity contribution is 8.76. The van der Waals surface area contributed by atoms with Crippen LogP contribution in [0.4, 0.5) is 5.82 Å². The number of aromatic nitrogens is 3. The maximum Gasteiger partial charge on any atom is 0.406 e. The molecule has 7 atom stereocenters. The van der Waals surface area contributed by atoms with E-state index in [0.29, 0.717) is 28.4 Å². The summed E-state index contributed by atoms with van der Waals surface area (Å²) in [6, 6.07) is 11.3. The van der Waals surface area contributed by atoms with Crippen LogP contribution in [0.25, 0.3) is 11.0 Å². The molecule has 4 N–H and O–H groups in total. The number of nitrogens with one attached hydrogen (secondary N) is 1. The Balaban J connectivity index is 1.30. The molecule has 3 aromatic rings. The largest absolute Gasteiger partial charge is 0.406 e. The van der Waals surface area contributed by atoms with Gasteiger partial charge in [0.25, 0.3) is 0 Å². The minimum absolute atomic E-state index is 0.129. The Morgan fingerprint density at radius 1 is 1.25 bits per heavy atom. The predicted molar refractivity (Wildman–Crippen MR) is 156 cm³/mol. The zero-order valence-corrected chi connectivity index (χ0v) is 24.4. The molecule has 0 aliphatic carbocycles. The topological polar surface area (TPSA) is 143 Å². The van der Waals surface area contributed by atoms with Crippen LogP contribution in [0.3, 0.4) is 0 Å². The zero-order chi connectivity index (χ0) is 28.1. The molecule has 0 bridgehead atoms. The standard InChI is InChI=1S/C26H32N5O6PS2/c1-3-11-34-21-14-39-40-15-22(21)37-38(33,30-12-18-7-5-4-6-8-18)35-13-20-23(32)17(2)26(36-20)31-10-9-19-24(27)28-16-29-25(19)31/h1,4-10,16-17,20-23,26,32H,11-15H2,2H3,(H,30,33)(H2,27,28,29)/t17-,20+,21-,22-,23-,26+,38?/m0/s1. The summed E-state index contributed by atoms with van der Waals surface area (Å²) in [5, 5.41) is 14.7. The molecule has 1 aromatic carbocycles. The van der Waals surface area contributed by atoms with Gasteiger partial charge in [0.15, 0.2) is 0 Å². The maximum atomic E-state index is 14.1. The van der Waals surface area contributed by atoms with E-state index in [-0.39, 0.29) is 31.8 Å². The minimum atomic E-state index is -3.89. The van der Waals surface area contributed by atoms with Crippen LogP contribution in [0, 0.1) is 18.3 Å². The summed E-state index contributed by atoms with van der Waals surface area (Å²) in [4.78, 5) is 8.37. The van der Waals surface area contributed by atoms with Crippen molar-refractivity contribution in [1.29, 1.82) is 0 Å². The Kier molecular flexibility index (Phi) is 9.73. The van der Waals surface area contributed by atoms with Crippen LogP contribution in [-0.4, -0.2) is 68.8 Å². The Labute approximate surface area is 240 Å². The van der Waals surface area contributed by atoms with Gasteiger partial charge in [-0.1, -0.05) is 64.8 Å². The highest BCUT2D eigenvalue weighted by Crippen LogP contribution is 2.49. The van der Waals surface area contributed by atoms with Crippen LogP contribution in [0.2, 0.25) is 0 Å². The lowest BCUT2D eigenvalue weighted by Crippen LogP contribution is -2.39. The number of terminal acetylenes is 1. The molecular formula is C26H32N5O6PS2. The van der Waals surface area contributed by atoms with Gasteiger partial charge in [-0.2, -0.15) is 0 Å². The smallest absolute Gasteiger partial charge is 0.390 e. The predicted octanol–water partition coefficient (Wildman–Crippen LogP) is 3.62. The lowest BCUT2D eigenvalue weighted by atomic mass is 10.0. The first-order chi connectivity index (χ1) is 19.4. The first-order valence-corrected chi connectivity index (χ1v) is 16.8. The number of ether oxygens (including phenoxy) is 2. The summed E-state index contributed by atoms with van der Waals surface area (Å²) in [5.74, 6) is 3.71. The van der Waals surface area contributed by atoms with Crippen molar-refractivity contribution >= 4 is 46.2 Å². The van der Waals surface area contributed by atoms with E-state index in [1.807, 2.05) is 47.9 Å². The van der Waals surface area contributed by atoms with Gasteiger partial charge in [-0.15, -0.1) is 6.42 Å². The summed E-state index contributed by atoms with van der Waals surface area (Å²) in [5.41, 5.74) is 7.50. The lowest BCUT2D eigenvalue weighted by molar-refractivity contribution is -0.0467. The molecule has 2 fully saturated rings. The van der Waals surface area contributed by atoms with Gasteiger partial charge in [0.2, 0.25) is 0 Å². The first kappa shape index (κ1) is 29.4. The van der Waals surface area contributed by atoms with Crippen molar-refractivity contribution in [3.8, 4) is 12.3 Å². The number of nitrogen functional groups attached to an aromatic ring is 1. The summed E-state index contributed by atoms with van der Waals surface area (Å²) in [6.07, 6.45) is 5.53. The number of aliphatic hydroxyl groups excluding tert-OH is 1. The van der Waals surface area contributed by atoms with Crippen molar-refractivity contribution in [1.82, 2.24) is 19.6 Å².